The van der Waals surface area contributed by atoms with Gasteiger partial charge < -0.3 is 0 Å². The van der Waals surface area contributed by atoms with Crippen molar-refractivity contribution >= 4 is 39.0 Å². The lowest BCUT2D eigenvalue weighted by molar-refractivity contribution is 0.478. The molecule has 2 aromatic rings. The van der Waals surface area contributed by atoms with Crippen molar-refractivity contribution in [3.8, 4) is 0 Å². The number of benzene rings is 1. The molecule has 0 aliphatic rings. The Morgan fingerprint density at radius 1 is 1.25 bits per heavy atom. The summed E-state index contributed by atoms with van der Waals surface area (Å²) < 4.78 is 25.6. The molecule has 6 heteroatoms. The summed E-state index contributed by atoms with van der Waals surface area (Å²) in [5, 5.41) is 3.77. The average Bonchev–Trinajstić information content (AvgIpc) is 2.91. The van der Waals surface area contributed by atoms with E-state index in [1.54, 1.807) is 37.4 Å². The number of rotatable bonds is 5. The first kappa shape index (κ1) is 15.3. The van der Waals surface area contributed by atoms with E-state index >= 15 is 0 Å². The van der Waals surface area contributed by atoms with Gasteiger partial charge in [-0.05, 0) is 35.2 Å². The van der Waals surface area contributed by atoms with E-state index in [2.05, 4.69) is 0 Å². The van der Waals surface area contributed by atoms with E-state index < -0.39 is 10.0 Å². The maximum Gasteiger partial charge on any atom is 0.236 e. The van der Waals surface area contributed by atoms with Crippen LogP contribution in [0, 0.1) is 0 Å². The maximum absolute atomic E-state index is 12.1. The summed E-state index contributed by atoms with van der Waals surface area (Å²) in [6.45, 7) is 0.380. The van der Waals surface area contributed by atoms with Crippen LogP contribution in [0.2, 0.25) is 5.02 Å². The van der Waals surface area contributed by atoms with Crippen molar-refractivity contribution < 1.29 is 8.42 Å². The zero-order chi connectivity index (χ0) is 14.6. The molecule has 20 heavy (non-hydrogen) atoms. The SMILES string of the molecule is CN(Cc1cccs1)S(=O)(=O)/C=C/c1ccc(Cl)cc1. The van der Waals surface area contributed by atoms with Gasteiger partial charge in [-0.25, -0.2) is 8.42 Å². The number of sulfonamides is 1. The zero-order valence-corrected chi connectivity index (χ0v) is 13.3. The van der Waals surface area contributed by atoms with Crippen LogP contribution in [0.4, 0.5) is 0 Å². The maximum atomic E-state index is 12.1. The quantitative estimate of drug-likeness (QED) is 0.836. The predicted octanol–water partition coefficient (Wildman–Crippen LogP) is 3.83. The van der Waals surface area contributed by atoms with Crippen molar-refractivity contribution in [3.05, 3.63) is 62.6 Å². The van der Waals surface area contributed by atoms with Crippen molar-refractivity contribution in [1.29, 1.82) is 0 Å². The minimum atomic E-state index is -3.42. The second-order valence-electron chi connectivity index (χ2n) is 4.23. The Bertz CT molecular complexity index is 676. The fourth-order valence-corrected chi connectivity index (χ4v) is 3.38. The third-order valence-corrected chi connectivity index (χ3v) is 5.29. The van der Waals surface area contributed by atoms with Crippen LogP contribution in [0.25, 0.3) is 6.08 Å². The van der Waals surface area contributed by atoms with Crippen LogP contribution in [0.5, 0.6) is 0 Å². The van der Waals surface area contributed by atoms with E-state index in [9.17, 15) is 8.42 Å². The fraction of sp³-hybridized carbons (Fsp3) is 0.143. The Morgan fingerprint density at radius 3 is 2.55 bits per heavy atom. The first-order chi connectivity index (χ1) is 9.47. The third kappa shape index (κ3) is 4.18. The molecule has 1 aromatic heterocycles. The summed E-state index contributed by atoms with van der Waals surface area (Å²) in [6.07, 6.45) is 1.57. The highest BCUT2D eigenvalue weighted by Crippen LogP contribution is 2.15. The molecule has 106 valence electrons. The highest BCUT2D eigenvalue weighted by atomic mass is 35.5. The molecule has 0 fully saturated rings. The van der Waals surface area contributed by atoms with E-state index in [0.717, 1.165) is 10.4 Å². The summed E-state index contributed by atoms with van der Waals surface area (Å²) >= 11 is 7.32. The lowest BCUT2D eigenvalue weighted by atomic mass is 10.2. The molecule has 0 N–H and O–H groups in total. The van der Waals surface area contributed by atoms with Gasteiger partial charge in [-0.2, -0.15) is 4.31 Å². The van der Waals surface area contributed by atoms with Gasteiger partial charge in [0.05, 0.1) is 0 Å². The highest BCUT2D eigenvalue weighted by molar-refractivity contribution is 7.92. The second kappa shape index (κ2) is 6.54. The molecule has 0 bridgehead atoms. The van der Waals surface area contributed by atoms with Crippen LogP contribution in [-0.4, -0.2) is 19.8 Å². The van der Waals surface area contributed by atoms with Crippen LogP contribution in [0.1, 0.15) is 10.4 Å². The molecule has 2 rings (SSSR count). The molecule has 0 amide bonds. The summed E-state index contributed by atoms with van der Waals surface area (Å²) in [5.74, 6) is 0. The molecular weight excluding hydrogens is 314 g/mol. The first-order valence-corrected chi connectivity index (χ1v) is 8.66. The van der Waals surface area contributed by atoms with Crippen molar-refractivity contribution in [2.45, 2.75) is 6.54 Å². The normalized spacial score (nSPS) is 12.3. The zero-order valence-electron chi connectivity index (χ0n) is 10.9. The smallest absolute Gasteiger partial charge is 0.208 e. The van der Waals surface area contributed by atoms with Gasteiger partial charge in [0.1, 0.15) is 0 Å². The fourth-order valence-electron chi connectivity index (χ4n) is 1.55. The monoisotopic (exact) mass is 327 g/mol. The number of nitrogens with zero attached hydrogens (tertiary/aromatic N) is 1. The molecule has 0 unspecified atom stereocenters. The summed E-state index contributed by atoms with van der Waals surface area (Å²) in [6, 6.07) is 10.8. The number of halogens is 1. The van der Waals surface area contributed by atoms with Crippen LogP contribution in [-0.2, 0) is 16.6 Å². The Labute approximate surface area is 128 Å². The molecule has 0 atom stereocenters. The molecule has 3 nitrogen and oxygen atoms in total. The first-order valence-electron chi connectivity index (χ1n) is 5.90. The van der Waals surface area contributed by atoms with Crippen LogP contribution in [0.15, 0.2) is 47.2 Å². The molecule has 0 aliphatic carbocycles. The Balaban J connectivity index is 2.08. The minimum Gasteiger partial charge on any atom is -0.208 e. The van der Waals surface area contributed by atoms with Gasteiger partial charge in [0.2, 0.25) is 10.0 Å². The van der Waals surface area contributed by atoms with Crippen molar-refractivity contribution in [3.63, 3.8) is 0 Å². The predicted molar refractivity (Wildman–Crippen MR) is 85.2 cm³/mol. The van der Waals surface area contributed by atoms with Gasteiger partial charge in [0, 0.05) is 28.9 Å². The van der Waals surface area contributed by atoms with Crippen molar-refractivity contribution in [2.24, 2.45) is 0 Å². The second-order valence-corrected chi connectivity index (χ2v) is 7.63. The van der Waals surface area contributed by atoms with Gasteiger partial charge in [-0.15, -0.1) is 11.3 Å². The van der Waals surface area contributed by atoms with Gasteiger partial charge >= 0.3 is 0 Å². The molecule has 0 aliphatic heterocycles. The van der Waals surface area contributed by atoms with Crippen LogP contribution >= 0.6 is 22.9 Å². The van der Waals surface area contributed by atoms with Gasteiger partial charge in [0.15, 0.2) is 0 Å². The topological polar surface area (TPSA) is 37.4 Å². The lowest BCUT2D eigenvalue weighted by Crippen LogP contribution is -2.23. The molecule has 0 radical (unpaired) electrons. The van der Waals surface area contributed by atoms with Gasteiger partial charge in [-0.1, -0.05) is 29.8 Å². The molecule has 0 spiro atoms. The largest absolute Gasteiger partial charge is 0.236 e. The Kier molecular flexibility index (Phi) is 4.99. The van der Waals surface area contributed by atoms with Gasteiger partial charge in [0.25, 0.3) is 0 Å². The summed E-state index contributed by atoms with van der Waals surface area (Å²) in [4.78, 5) is 1.01. The lowest BCUT2D eigenvalue weighted by Gasteiger charge is -2.13. The number of hydrogen-bond donors (Lipinski definition) is 0. The Hall–Kier alpha value is -1.14. The molecule has 0 saturated heterocycles. The number of hydrogen-bond acceptors (Lipinski definition) is 3. The van der Waals surface area contributed by atoms with E-state index in [1.807, 2.05) is 17.5 Å². The standard InChI is InChI=1S/C14H14ClNO2S2/c1-16(11-14-3-2-9-19-14)20(17,18)10-8-12-4-6-13(15)7-5-12/h2-10H,11H2,1H3/b10-8+. The van der Waals surface area contributed by atoms with E-state index in [-0.39, 0.29) is 0 Å². The highest BCUT2D eigenvalue weighted by Gasteiger charge is 2.14. The minimum absolute atomic E-state index is 0.380. The van der Waals surface area contributed by atoms with E-state index in [1.165, 1.54) is 21.1 Å². The van der Waals surface area contributed by atoms with E-state index in [0.29, 0.717) is 11.6 Å². The van der Waals surface area contributed by atoms with Crippen molar-refractivity contribution in [1.82, 2.24) is 4.31 Å². The number of thiophene rings is 1. The van der Waals surface area contributed by atoms with Crippen LogP contribution in [0.3, 0.4) is 0 Å². The molecule has 0 saturated carbocycles. The molecule has 1 heterocycles. The average molecular weight is 328 g/mol. The molecular formula is C14H14ClNO2S2. The van der Waals surface area contributed by atoms with Crippen molar-refractivity contribution in [2.75, 3.05) is 7.05 Å². The Morgan fingerprint density at radius 2 is 1.95 bits per heavy atom. The summed E-state index contributed by atoms with van der Waals surface area (Å²) in [7, 11) is -1.85. The van der Waals surface area contributed by atoms with Gasteiger partial charge in [-0.3, -0.25) is 0 Å². The summed E-state index contributed by atoms with van der Waals surface area (Å²) in [5.41, 5.74) is 0.794. The molecule has 1 aromatic carbocycles. The van der Waals surface area contributed by atoms with E-state index in [4.69, 9.17) is 11.6 Å². The third-order valence-electron chi connectivity index (χ3n) is 2.70. The van der Waals surface area contributed by atoms with Crippen LogP contribution < -0.4 is 0 Å².